The lowest BCUT2D eigenvalue weighted by atomic mass is 9.99. The first-order valence-corrected chi connectivity index (χ1v) is 11.5. The van der Waals surface area contributed by atoms with E-state index in [1.54, 1.807) is 0 Å². The average molecular weight is 430 g/mol. The molecule has 2 unspecified atom stereocenters. The number of hydrogen-bond acceptors (Lipinski definition) is 4. The number of unbranched alkanes of at least 4 members (excludes halogenated alkanes) is 5. The van der Waals surface area contributed by atoms with Crippen molar-refractivity contribution in [3.05, 3.63) is 29.8 Å². The van der Waals surface area contributed by atoms with Gasteiger partial charge in [0.2, 0.25) is 0 Å². The minimum Gasteiger partial charge on any atom is -0.456 e. The highest BCUT2D eigenvalue weighted by Gasteiger charge is 2.24. The maximum absolute atomic E-state index is 11.7. The van der Waals surface area contributed by atoms with Crippen molar-refractivity contribution < 1.29 is 9.53 Å². The Kier molecular flexibility index (Phi) is 15.7. The van der Waals surface area contributed by atoms with Crippen molar-refractivity contribution >= 4 is 30.1 Å². The van der Waals surface area contributed by atoms with Crippen LogP contribution in [0.1, 0.15) is 91.2 Å². The summed E-state index contributed by atoms with van der Waals surface area (Å²) in [5, 5.41) is 4.19. The number of carbonyl (C=O) groups is 1. The van der Waals surface area contributed by atoms with Gasteiger partial charge in [-0.15, -0.1) is 24.2 Å². The van der Waals surface area contributed by atoms with Crippen molar-refractivity contribution in [2.45, 2.75) is 102 Å². The zero-order valence-corrected chi connectivity index (χ0v) is 20.0. The Labute approximate surface area is 183 Å². The van der Waals surface area contributed by atoms with E-state index in [-0.39, 0.29) is 30.5 Å². The highest BCUT2D eigenvalue weighted by atomic mass is 35.5. The quantitative estimate of drug-likeness (QED) is 0.197. The average Bonchev–Trinajstić information content (AvgIpc) is 2.63. The Bertz CT molecular complexity index is 522. The summed E-state index contributed by atoms with van der Waals surface area (Å²) in [4.78, 5) is 12.9. The molecule has 1 aromatic rings. The van der Waals surface area contributed by atoms with E-state index in [0.29, 0.717) is 5.25 Å². The molecule has 1 rings (SSSR count). The first-order valence-electron chi connectivity index (χ1n) is 10.6. The van der Waals surface area contributed by atoms with Crippen LogP contribution in [0.2, 0.25) is 0 Å². The van der Waals surface area contributed by atoms with Crippen molar-refractivity contribution in [1.29, 1.82) is 0 Å². The van der Waals surface area contributed by atoms with Gasteiger partial charge in [0.15, 0.2) is 0 Å². The summed E-state index contributed by atoms with van der Waals surface area (Å²) in [5.41, 5.74) is 1.07. The molecule has 28 heavy (non-hydrogen) atoms. The van der Waals surface area contributed by atoms with Gasteiger partial charge in [0.05, 0.1) is 0 Å². The van der Waals surface area contributed by atoms with Crippen LogP contribution < -0.4 is 5.32 Å². The smallest absolute Gasteiger partial charge is 0.303 e. The molecule has 0 amide bonds. The topological polar surface area (TPSA) is 38.3 Å². The fourth-order valence-electron chi connectivity index (χ4n) is 3.23. The van der Waals surface area contributed by atoms with Gasteiger partial charge in [0, 0.05) is 23.1 Å². The van der Waals surface area contributed by atoms with Crippen LogP contribution in [0.4, 0.5) is 0 Å². The van der Waals surface area contributed by atoms with Crippen LogP contribution >= 0.6 is 24.2 Å². The van der Waals surface area contributed by atoms with E-state index < -0.39 is 0 Å². The predicted molar refractivity (Wildman–Crippen MR) is 125 cm³/mol. The highest BCUT2D eigenvalue weighted by molar-refractivity contribution is 7.99. The van der Waals surface area contributed by atoms with Crippen LogP contribution in [0.15, 0.2) is 29.2 Å². The fourth-order valence-corrected chi connectivity index (χ4v) is 4.07. The molecule has 1 aromatic carbocycles. The van der Waals surface area contributed by atoms with Crippen molar-refractivity contribution in [2.75, 3.05) is 6.54 Å². The predicted octanol–water partition coefficient (Wildman–Crippen LogP) is 6.94. The SMILES string of the molecule is CCCCCCCCNC(CC)C(OC(C)=O)c1ccc(SC(C)C)cc1.Cl. The number of hydrogen-bond donors (Lipinski definition) is 1. The number of carbonyl (C=O) groups excluding carboxylic acids is 1. The first kappa shape index (κ1) is 27.3. The summed E-state index contributed by atoms with van der Waals surface area (Å²) >= 11 is 1.85. The largest absolute Gasteiger partial charge is 0.456 e. The molecule has 162 valence electrons. The molecule has 0 aliphatic heterocycles. The number of esters is 1. The van der Waals surface area contributed by atoms with E-state index >= 15 is 0 Å². The molecule has 0 heterocycles. The molecular formula is C23H40ClNO2S. The molecule has 5 heteroatoms. The molecule has 2 atom stereocenters. The lowest BCUT2D eigenvalue weighted by molar-refractivity contribution is -0.148. The van der Waals surface area contributed by atoms with Crippen molar-refractivity contribution in [1.82, 2.24) is 5.32 Å². The van der Waals surface area contributed by atoms with Crippen molar-refractivity contribution in [3.63, 3.8) is 0 Å². The molecule has 0 aromatic heterocycles. The van der Waals surface area contributed by atoms with E-state index in [0.717, 1.165) is 18.5 Å². The van der Waals surface area contributed by atoms with Gasteiger partial charge in [-0.3, -0.25) is 4.79 Å². The van der Waals surface area contributed by atoms with E-state index in [1.807, 2.05) is 11.8 Å². The Morgan fingerprint density at radius 1 is 1.04 bits per heavy atom. The number of benzene rings is 1. The van der Waals surface area contributed by atoms with Gasteiger partial charge in [0.25, 0.3) is 0 Å². The molecule has 1 N–H and O–H groups in total. The third-order valence-electron chi connectivity index (χ3n) is 4.62. The number of halogens is 1. The summed E-state index contributed by atoms with van der Waals surface area (Å²) in [5.74, 6) is -0.222. The fraction of sp³-hybridized carbons (Fsp3) is 0.696. The van der Waals surface area contributed by atoms with E-state index in [4.69, 9.17) is 4.74 Å². The zero-order valence-electron chi connectivity index (χ0n) is 18.3. The van der Waals surface area contributed by atoms with Crippen LogP contribution in [-0.2, 0) is 9.53 Å². The normalized spacial score (nSPS) is 13.1. The van der Waals surface area contributed by atoms with Gasteiger partial charge in [-0.1, -0.05) is 71.9 Å². The van der Waals surface area contributed by atoms with Crippen molar-refractivity contribution in [2.24, 2.45) is 0 Å². The van der Waals surface area contributed by atoms with Crippen LogP contribution in [0.3, 0.4) is 0 Å². The minimum absolute atomic E-state index is 0. The Morgan fingerprint density at radius 3 is 2.18 bits per heavy atom. The molecular weight excluding hydrogens is 390 g/mol. The Balaban J connectivity index is 0.00000729. The van der Waals surface area contributed by atoms with Crippen LogP contribution in [-0.4, -0.2) is 23.8 Å². The third kappa shape index (κ3) is 11.3. The first-order chi connectivity index (χ1) is 13.0. The zero-order chi connectivity index (χ0) is 20.1. The Hall–Kier alpha value is -0.710. The summed E-state index contributed by atoms with van der Waals surface area (Å²) < 4.78 is 5.71. The second kappa shape index (κ2) is 16.1. The second-order valence-corrected chi connectivity index (χ2v) is 9.15. The summed E-state index contributed by atoms with van der Waals surface area (Å²) in [6.07, 6.45) is 8.42. The molecule has 3 nitrogen and oxygen atoms in total. The molecule has 0 spiro atoms. The van der Waals surface area contributed by atoms with Crippen LogP contribution in [0.5, 0.6) is 0 Å². The lowest BCUT2D eigenvalue weighted by Crippen LogP contribution is -2.37. The Morgan fingerprint density at radius 2 is 1.64 bits per heavy atom. The summed E-state index contributed by atoms with van der Waals surface area (Å²) in [6, 6.07) is 8.63. The van der Waals surface area contributed by atoms with E-state index in [9.17, 15) is 4.79 Å². The second-order valence-electron chi connectivity index (χ2n) is 7.50. The van der Waals surface area contributed by atoms with Gasteiger partial charge in [0.1, 0.15) is 6.10 Å². The molecule has 0 bridgehead atoms. The molecule has 0 saturated carbocycles. The van der Waals surface area contributed by atoms with E-state index in [1.165, 1.54) is 50.3 Å². The van der Waals surface area contributed by atoms with Gasteiger partial charge in [-0.05, 0) is 37.1 Å². The van der Waals surface area contributed by atoms with Crippen LogP contribution in [0, 0.1) is 0 Å². The minimum atomic E-state index is -0.231. The van der Waals surface area contributed by atoms with Crippen LogP contribution in [0.25, 0.3) is 0 Å². The van der Waals surface area contributed by atoms with Gasteiger partial charge < -0.3 is 10.1 Å². The number of ether oxygens (including phenoxy) is 1. The van der Waals surface area contributed by atoms with Gasteiger partial charge >= 0.3 is 5.97 Å². The van der Waals surface area contributed by atoms with Gasteiger partial charge in [-0.2, -0.15) is 0 Å². The molecule has 0 aliphatic rings. The monoisotopic (exact) mass is 429 g/mol. The molecule has 0 radical (unpaired) electrons. The summed E-state index contributed by atoms with van der Waals surface area (Å²) in [7, 11) is 0. The molecule has 0 saturated heterocycles. The number of rotatable bonds is 14. The van der Waals surface area contributed by atoms with Crippen molar-refractivity contribution in [3.8, 4) is 0 Å². The maximum Gasteiger partial charge on any atom is 0.303 e. The number of thioether (sulfide) groups is 1. The van der Waals surface area contributed by atoms with E-state index in [2.05, 4.69) is 57.3 Å². The lowest BCUT2D eigenvalue weighted by Gasteiger charge is -2.27. The number of nitrogens with one attached hydrogen (secondary N) is 1. The summed E-state index contributed by atoms with van der Waals surface area (Å²) in [6.45, 7) is 11.3. The standard InChI is InChI=1S/C23H39NO2S.ClH/c1-6-8-9-10-11-12-17-24-22(7-2)23(26-19(5)25)20-13-15-21(16-14-20)27-18(3)4;/h13-16,18,22-24H,6-12,17H2,1-5H3;1H. The van der Waals surface area contributed by atoms with Gasteiger partial charge in [-0.25, -0.2) is 0 Å². The molecule has 0 fully saturated rings. The molecule has 0 aliphatic carbocycles. The third-order valence-corrected chi connectivity index (χ3v) is 5.63. The highest BCUT2D eigenvalue weighted by Crippen LogP contribution is 2.28. The maximum atomic E-state index is 11.7.